The lowest BCUT2D eigenvalue weighted by atomic mass is 10.1. The fourth-order valence-electron chi connectivity index (χ4n) is 2.34. The first-order valence-corrected chi connectivity index (χ1v) is 6.73. The Kier molecular flexibility index (Phi) is 4.74. The summed E-state index contributed by atoms with van der Waals surface area (Å²) in [5.74, 6) is 0. The molecule has 1 aliphatic heterocycles. The Morgan fingerprint density at radius 3 is 3.00 bits per heavy atom. The van der Waals surface area contributed by atoms with Crippen LogP contribution in [0.5, 0.6) is 0 Å². The Bertz CT molecular complexity index is 366. The first kappa shape index (κ1) is 13.5. The van der Waals surface area contributed by atoms with E-state index in [1.807, 2.05) is 17.9 Å². The van der Waals surface area contributed by atoms with Crippen molar-refractivity contribution in [3.8, 4) is 0 Å². The summed E-state index contributed by atoms with van der Waals surface area (Å²) in [6, 6.07) is 2.26. The molecule has 102 valence electrons. The number of hydrogen-bond acceptors (Lipinski definition) is 4. The summed E-state index contributed by atoms with van der Waals surface area (Å²) >= 11 is 0. The lowest BCUT2D eigenvalue weighted by Gasteiger charge is -2.35. The van der Waals surface area contributed by atoms with Crippen molar-refractivity contribution >= 4 is 0 Å². The molecule has 0 saturated carbocycles. The van der Waals surface area contributed by atoms with Gasteiger partial charge in [-0.3, -0.25) is 4.68 Å². The lowest BCUT2D eigenvalue weighted by molar-refractivity contribution is -0.0400. The molecule has 5 heteroatoms. The second-order valence-corrected chi connectivity index (χ2v) is 5.02. The van der Waals surface area contributed by atoms with Gasteiger partial charge in [0.1, 0.15) is 0 Å². The third kappa shape index (κ3) is 3.31. The van der Waals surface area contributed by atoms with Gasteiger partial charge in [0.05, 0.1) is 24.4 Å². The molecule has 5 nitrogen and oxygen atoms in total. The molecule has 1 aliphatic rings. The van der Waals surface area contributed by atoms with Crippen molar-refractivity contribution in [1.82, 2.24) is 20.0 Å². The number of morpholine rings is 1. The average Bonchev–Trinajstić information content (AvgIpc) is 2.76. The molecule has 1 aromatic rings. The molecule has 2 atom stereocenters. The molecule has 2 heterocycles. The molecule has 0 amide bonds. The molecule has 18 heavy (non-hydrogen) atoms. The van der Waals surface area contributed by atoms with Crippen LogP contribution in [-0.2, 0) is 11.8 Å². The third-order valence-electron chi connectivity index (χ3n) is 3.34. The van der Waals surface area contributed by atoms with E-state index in [4.69, 9.17) is 4.74 Å². The van der Waals surface area contributed by atoms with Crippen molar-refractivity contribution < 1.29 is 4.74 Å². The van der Waals surface area contributed by atoms with E-state index in [9.17, 15) is 0 Å². The Hall–Kier alpha value is -0.910. The summed E-state index contributed by atoms with van der Waals surface area (Å²) < 4.78 is 7.77. The summed E-state index contributed by atoms with van der Waals surface area (Å²) in [5, 5.41) is 8.08. The highest BCUT2D eigenvalue weighted by molar-refractivity contribution is 5.08. The molecule has 0 bridgehead atoms. The van der Waals surface area contributed by atoms with Crippen molar-refractivity contribution in [2.75, 3.05) is 33.3 Å². The highest BCUT2D eigenvalue weighted by Crippen LogP contribution is 2.20. The predicted octanol–water partition coefficient (Wildman–Crippen LogP) is 0.791. The van der Waals surface area contributed by atoms with Crippen molar-refractivity contribution in [3.05, 3.63) is 18.0 Å². The van der Waals surface area contributed by atoms with Crippen molar-refractivity contribution in [1.29, 1.82) is 0 Å². The minimum atomic E-state index is 0.185. The maximum Gasteiger partial charge on any atom is 0.0912 e. The molecule has 2 unspecified atom stereocenters. The molecule has 1 N–H and O–H groups in total. The largest absolute Gasteiger partial charge is 0.374 e. The number of ether oxygens (including phenoxy) is 1. The van der Waals surface area contributed by atoms with Gasteiger partial charge in [-0.1, -0.05) is 6.92 Å². The van der Waals surface area contributed by atoms with Crippen molar-refractivity contribution in [3.63, 3.8) is 0 Å². The Balaban J connectivity index is 2.08. The summed E-state index contributed by atoms with van der Waals surface area (Å²) in [6.45, 7) is 5.94. The number of nitrogens with one attached hydrogen (secondary N) is 1. The number of aromatic nitrogens is 2. The van der Waals surface area contributed by atoms with Crippen LogP contribution in [0.3, 0.4) is 0 Å². The van der Waals surface area contributed by atoms with Gasteiger partial charge < -0.3 is 15.0 Å². The summed E-state index contributed by atoms with van der Waals surface area (Å²) in [5.41, 5.74) is 1.08. The third-order valence-corrected chi connectivity index (χ3v) is 3.34. The molecular formula is C13H24N4O. The molecular weight excluding hydrogens is 228 g/mol. The summed E-state index contributed by atoms with van der Waals surface area (Å²) in [6.07, 6.45) is 3.29. The number of nitrogens with zero attached hydrogens (tertiary/aromatic N) is 3. The zero-order valence-electron chi connectivity index (χ0n) is 11.6. The Morgan fingerprint density at radius 2 is 2.39 bits per heavy atom. The van der Waals surface area contributed by atoms with Crippen molar-refractivity contribution in [2.24, 2.45) is 7.05 Å². The van der Waals surface area contributed by atoms with Gasteiger partial charge in [0.2, 0.25) is 0 Å². The van der Waals surface area contributed by atoms with Crippen LogP contribution >= 0.6 is 0 Å². The molecule has 2 rings (SSSR count). The standard InChI is InChI=1S/C13H24N4O/c1-4-6-14-13(11-5-7-17(3)15-11)12-10-16(2)8-9-18-12/h5,7,12-14H,4,6,8-10H2,1-3H3. The van der Waals surface area contributed by atoms with Crippen LogP contribution in [-0.4, -0.2) is 54.1 Å². The molecule has 0 aliphatic carbocycles. The highest BCUT2D eigenvalue weighted by Gasteiger charge is 2.29. The zero-order valence-corrected chi connectivity index (χ0v) is 11.6. The van der Waals surface area contributed by atoms with Crippen molar-refractivity contribution in [2.45, 2.75) is 25.5 Å². The maximum atomic E-state index is 5.92. The molecule has 0 spiro atoms. The van der Waals surface area contributed by atoms with Gasteiger partial charge in [-0.15, -0.1) is 0 Å². The van der Waals surface area contributed by atoms with E-state index in [0.29, 0.717) is 0 Å². The first-order chi connectivity index (χ1) is 8.70. The van der Waals surface area contributed by atoms with Gasteiger partial charge in [0.25, 0.3) is 0 Å². The summed E-state index contributed by atoms with van der Waals surface area (Å²) in [4.78, 5) is 2.32. The van der Waals surface area contributed by atoms with E-state index in [2.05, 4.69) is 35.4 Å². The lowest BCUT2D eigenvalue weighted by Crippen LogP contribution is -2.47. The Morgan fingerprint density at radius 1 is 1.56 bits per heavy atom. The van der Waals surface area contributed by atoms with Crippen LogP contribution in [0, 0.1) is 0 Å². The van der Waals surface area contributed by atoms with E-state index < -0.39 is 0 Å². The van der Waals surface area contributed by atoms with Crippen LogP contribution in [0.4, 0.5) is 0 Å². The molecule has 1 aromatic heterocycles. The summed E-state index contributed by atoms with van der Waals surface area (Å²) in [7, 11) is 4.10. The SMILES string of the molecule is CCCNC(c1ccn(C)n1)C1CN(C)CCO1. The van der Waals surface area contributed by atoms with Gasteiger partial charge in [0, 0.05) is 26.3 Å². The van der Waals surface area contributed by atoms with E-state index in [-0.39, 0.29) is 12.1 Å². The smallest absolute Gasteiger partial charge is 0.0912 e. The monoisotopic (exact) mass is 252 g/mol. The molecule has 1 saturated heterocycles. The fourth-order valence-corrected chi connectivity index (χ4v) is 2.34. The van der Waals surface area contributed by atoms with E-state index in [1.54, 1.807) is 0 Å². The second-order valence-electron chi connectivity index (χ2n) is 5.02. The van der Waals surface area contributed by atoms with Gasteiger partial charge >= 0.3 is 0 Å². The van der Waals surface area contributed by atoms with Gasteiger partial charge in [-0.25, -0.2) is 0 Å². The Labute approximate surface area is 109 Å². The maximum absolute atomic E-state index is 5.92. The topological polar surface area (TPSA) is 42.3 Å². The van der Waals surface area contributed by atoms with Gasteiger partial charge in [0.15, 0.2) is 0 Å². The highest BCUT2D eigenvalue weighted by atomic mass is 16.5. The molecule has 0 radical (unpaired) electrons. The van der Waals surface area contributed by atoms with Crippen LogP contribution in [0.2, 0.25) is 0 Å². The number of hydrogen-bond donors (Lipinski definition) is 1. The van der Waals surface area contributed by atoms with Crippen LogP contribution in [0.15, 0.2) is 12.3 Å². The minimum Gasteiger partial charge on any atom is -0.374 e. The minimum absolute atomic E-state index is 0.185. The average molecular weight is 252 g/mol. The second kappa shape index (κ2) is 6.31. The molecule has 1 fully saturated rings. The van der Waals surface area contributed by atoms with Gasteiger partial charge in [-0.2, -0.15) is 5.10 Å². The first-order valence-electron chi connectivity index (χ1n) is 6.73. The number of rotatable bonds is 5. The number of likely N-dealkylation sites (N-methyl/N-ethyl adjacent to an activating group) is 1. The quantitative estimate of drug-likeness (QED) is 0.841. The number of aryl methyl sites for hydroxylation is 1. The normalized spacial score (nSPS) is 23.2. The van der Waals surface area contributed by atoms with Crippen LogP contribution in [0.25, 0.3) is 0 Å². The van der Waals surface area contributed by atoms with E-state index >= 15 is 0 Å². The fraction of sp³-hybridized carbons (Fsp3) is 0.769. The zero-order chi connectivity index (χ0) is 13.0. The van der Waals surface area contributed by atoms with Gasteiger partial charge in [-0.05, 0) is 26.1 Å². The molecule has 0 aromatic carbocycles. The predicted molar refractivity (Wildman–Crippen MR) is 71.5 cm³/mol. The van der Waals surface area contributed by atoms with Crippen LogP contribution < -0.4 is 5.32 Å². The van der Waals surface area contributed by atoms with Crippen LogP contribution in [0.1, 0.15) is 25.1 Å². The van der Waals surface area contributed by atoms with E-state index in [1.165, 1.54) is 0 Å². The van der Waals surface area contributed by atoms with E-state index in [0.717, 1.165) is 38.4 Å².